The number of para-hydroxylation sites is 2. The van der Waals surface area contributed by atoms with Gasteiger partial charge in [0.1, 0.15) is 10.8 Å². The molecule has 0 aliphatic rings. The second kappa shape index (κ2) is 7.01. The Bertz CT molecular complexity index is 826. The molecule has 0 aliphatic carbocycles. The van der Waals surface area contributed by atoms with E-state index in [1.165, 1.54) is 0 Å². The van der Waals surface area contributed by atoms with Gasteiger partial charge in [0, 0.05) is 7.05 Å². The van der Waals surface area contributed by atoms with Crippen LogP contribution in [0.2, 0.25) is 0 Å². The van der Waals surface area contributed by atoms with Gasteiger partial charge in [0.15, 0.2) is 6.61 Å². The van der Waals surface area contributed by atoms with Crippen LogP contribution in [0.3, 0.4) is 0 Å². The maximum Gasteiger partial charge on any atom is 0.260 e. The van der Waals surface area contributed by atoms with Crippen LogP contribution in [0.25, 0.3) is 10.2 Å². The van der Waals surface area contributed by atoms with E-state index in [4.69, 9.17) is 4.74 Å². The van der Waals surface area contributed by atoms with Gasteiger partial charge < -0.3 is 9.64 Å². The smallest absolute Gasteiger partial charge is 0.260 e. The van der Waals surface area contributed by atoms with Crippen molar-refractivity contribution >= 4 is 27.5 Å². The van der Waals surface area contributed by atoms with Gasteiger partial charge in [-0.25, -0.2) is 4.98 Å². The van der Waals surface area contributed by atoms with Gasteiger partial charge in [-0.2, -0.15) is 0 Å². The summed E-state index contributed by atoms with van der Waals surface area (Å²) in [5, 5.41) is 0.933. The zero-order valence-corrected chi connectivity index (χ0v) is 14.8. The number of benzene rings is 2. The Morgan fingerprint density at radius 2 is 1.92 bits per heavy atom. The lowest BCUT2D eigenvalue weighted by molar-refractivity contribution is -0.134. The molecule has 3 aromatic rings. The van der Waals surface area contributed by atoms with E-state index in [1.54, 1.807) is 23.3 Å². The summed E-state index contributed by atoms with van der Waals surface area (Å²) in [5.74, 6) is 0.678. The van der Waals surface area contributed by atoms with E-state index < -0.39 is 0 Å². The number of hydrogen-bond acceptors (Lipinski definition) is 4. The predicted octanol–water partition coefficient (Wildman–Crippen LogP) is 4.20. The highest BCUT2D eigenvalue weighted by molar-refractivity contribution is 7.18. The van der Waals surface area contributed by atoms with Crippen molar-refractivity contribution in [3.05, 3.63) is 59.1 Å². The molecule has 0 radical (unpaired) electrons. The van der Waals surface area contributed by atoms with Crippen LogP contribution in [0.5, 0.6) is 5.75 Å². The fraction of sp³-hybridized carbons (Fsp3) is 0.263. The third kappa shape index (κ3) is 3.41. The fourth-order valence-corrected chi connectivity index (χ4v) is 3.47. The quantitative estimate of drug-likeness (QED) is 0.699. The molecule has 0 aliphatic heterocycles. The normalized spacial score (nSPS) is 12.1. The van der Waals surface area contributed by atoms with E-state index in [2.05, 4.69) is 4.98 Å². The summed E-state index contributed by atoms with van der Waals surface area (Å²) >= 11 is 1.62. The lowest BCUT2D eigenvalue weighted by Gasteiger charge is -2.23. The maximum atomic E-state index is 12.4. The molecule has 3 rings (SSSR count). The molecule has 0 spiro atoms. The van der Waals surface area contributed by atoms with Gasteiger partial charge in [0.25, 0.3) is 5.91 Å². The molecule has 1 amide bonds. The first-order chi connectivity index (χ1) is 11.6. The van der Waals surface area contributed by atoms with Crippen LogP contribution in [0.1, 0.15) is 23.5 Å². The van der Waals surface area contributed by atoms with Gasteiger partial charge in [0.2, 0.25) is 0 Å². The number of likely N-dealkylation sites (N-methyl/N-ethyl adjacent to an activating group) is 1. The third-order valence-corrected chi connectivity index (χ3v) is 5.29. The van der Waals surface area contributed by atoms with Gasteiger partial charge in [-0.1, -0.05) is 30.3 Å². The van der Waals surface area contributed by atoms with Crippen LogP contribution in [-0.2, 0) is 4.79 Å². The molecule has 0 bridgehead atoms. The van der Waals surface area contributed by atoms with Crippen LogP contribution in [-0.4, -0.2) is 29.4 Å². The van der Waals surface area contributed by atoms with Crippen LogP contribution < -0.4 is 4.74 Å². The second-order valence-corrected chi connectivity index (χ2v) is 6.82. The number of nitrogens with zero attached hydrogens (tertiary/aromatic N) is 2. The highest BCUT2D eigenvalue weighted by Gasteiger charge is 2.21. The standard InChI is InChI=1S/C19H20N2O2S/c1-13-8-4-6-10-16(13)23-12-18(22)21(3)14(2)19-20-15-9-5-7-11-17(15)24-19/h4-11,14H,12H2,1-3H3/t14-/m0/s1. The van der Waals surface area contributed by atoms with Gasteiger partial charge in [-0.3, -0.25) is 4.79 Å². The number of fused-ring (bicyclic) bond motifs is 1. The highest BCUT2D eigenvalue weighted by atomic mass is 32.1. The van der Waals surface area contributed by atoms with Gasteiger partial charge in [-0.05, 0) is 37.6 Å². The number of hydrogen-bond donors (Lipinski definition) is 0. The molecule has 124 valence electrons. The highest BCUT2D eigenvalue weighted by Crippen LogP contribution is 2.28. The van der Waals surface area contributed by atoms with Crippen molar-refractivity contribution in [1.82, 2.24) is 9.88 Å². The molecule has 1 aromatic heterocycles. The Morgan fingerprint density at radius 3 is 2.67 bits per heavy atom. The number of thiazole rings is 1. The number of aryl methyl sites for hydroxylation is 1. The van der Waals surface area contributed by atoms with Crippen LogP contribution in [0.15, 0.2) is 48.5 Å². The van der Waals surface area contributed by atoms with Crippen molar-refractivity contribution < 1.29 is 9.53 Å². The fourth-order valence-electron chi connectivity index (χ4n) is 2.41. The molecule has 5 heteroatoms. The SMILES string of the molecule is Cc1ccccc1OCC(=O)N(C)[C@@H](C)c1nc2ccccc2s1. The van der Waals surface area contributed by atoms with Crippen LogP contribution in [0, 0.1) is 6.92 Å². The molecule has 0 saturated heterocycles. The first-order valence-electron chi connectivity index (χ1n) is 7.86. The van der Waals surface area contributed by atoms with E-state index in [0.29, 0.717) is 0 Å². The predicted molar refractivity (Wildman–Crippen MR) is 97.5 cm³/mol. The van der Waals surface area contributed by atoms with Crippen molar-refractivity contribution in [2.45, 2.75) is 19.9 Å². The van der Waals surface area contributed by atoms with E-state index in [1.807, 2.05) is 62.4 Å². The van der Waals surface area contributed by atoms with Crippen molar-refractivity contribution in [3.8, 4) is 5.75 Å². The molecule has 0 N–H and O–H groups in total. The molecule has 2 aromatic carbocycles. The molecule has 0 saturated carbocycles. The topological polar surface area (TPSA) is 42.4 Å². The monoisotopic (exact) mass is 340 g/mol. The molecule has 4 nitrogen and oxygen atoms in total. The van der Waals surface area contributed by atoms with Crippen molar-refractivity contribution in [3.63, 3.8) is 0 Å². The number of rotatable bonds is 5. The van der Waals surface area contributed by atoms with E-state index in [-0.39, 0.29) is 18.6 Å². The van der Waals surface area contributed by atoms with E-state index >= 15 is 0 Å². The van der Waals surface area contributed by atoms with Crippen molar-refractivity contribution in [2.24, 2.45) is 0 Å². The summed E-state index contributed by atoms with van der Waals surface area (Å²) in [7, 11) is 1.79. The molecule has 1 atom stereocenters. The average molecular weight is 340 g/mol. The minimum atomic E-state index is -0.0876. The third-order valence-electron chi connectivity index (χ3n) is 4.09. The lowest BCUT2D eigenvalue weighted by Crippen LogP contribution is -2.33. The van der Waals surface area contributed by atoms with Gasteiger partial charge in [-0.15, -0.1) is 11.3 Å². The minimum Gasteiger partial charge on any atom is -0.484 e. The Balaban J connectivity index is 1.67. The first-order valence-corrected chi connectivity index (χ1v) is 8.67. The van der Waals surface area contributed by atoms with Crippen molar-refractivity contribution in [1.29, 1.82) is 0 Å². The zero-order valence-electron chi connectivity index (χ0n) is 14.0. The maximum absolute atomic E-state index is 12.4. The Kier molecular flexibility index (Phi) is 4.81. The van der Waals surface area contributed by atoms with Crippen LogP contribution in [0.4, 0.5) is 0 Å². The number of carbonyl (C=O) groups is 1. The summed E-state index contributed by atoms with van der Waals surface area (Å²) in [5.41, 5.74) is 1.99. The number of carbonyl (C=O) groups excluding carboxylic acids is 1. The van der Waals surface area contributed by atoms with Gasteiger partial charge in [0.05, 0.1) is 16.3 Å². The largest absolute Gasteiger partial charge is 0.484 e. The summed E-state index contributed by atoms with van der Waals surface area (Å²) < 4.78 is 6.79. The molecule has 0 unspecified atom stereocenters. The summed E-state index contributed by atoms with van der Waals surface area (Å²) in [6.45, 7) is 3.98. The Labute approximate surface area is 145 Å². The number of amides is 1. The van der Waals surface area contributed by atoms with E-state index in [0.717, 1.165) is 26.5 Å². The Morgan fingerprint density at radius 1 is 1.21 bits per heavy atom. The molecule has 1 heterocycles. The summed E-state index contributed by atoms with van der Waals surface area (Å²) in [4.78, 5) is 18.8. The van der Waals surface area contributed by atoms with Gasteiger partial charge >= 0.3 is 0 Å². The molecular formula is C19H20N2O2S. The zero-order chi connectivity index (χ0) is 17.1. The molecular weight excluding hydrogens is 320 g/mol. The van der Waals surface area contributed by atoms with Crippen LogP contribution >= 0.6 is 11.3 Å². The van der Waals surface area contributed by atoms with Crippen molar-refractivity contribution in [2.75, 3.05) is 13.7 Å². The minimum absolute atomic E-state index is 0.0244. The summed E-state index contributed by atoms with van der Waals surface area (Å²) in [6, 6.07) is 15.6. The summed E-state index contributed by atoms with van der Waals surface area (Å²) in [6.07, 6.45) is 0. The van der Waals surface area contributed by atoms with E-state index in [9.17, 15) is 4.79 Å². The number of ether oxygens (including phenoxy) is 1. The Hall–Kier alpha value is -2.40. The first kappa shape index (κ1) is 16.5. The second-order valence-electron chi connectivity index (χ2n) is 5.75. The molecule has 0 fully saturated rings. The average Bonchev–Trinajstić information content (AvgIpc) is 3.03. The molecule has 24 heavy (non-hydrogen) atoms. The lowest BCUT2D eigenvalue weighted by atomic mass is 10.2. The number of aromatic nitrogens is 1.